The van der Waals surface area contributed by atoms with Crippen molar-refractivity contribution in [2.24, 2.45) is 0 Å². The normalized spacial score (nSPS) is 10.8. The maximum Gasteiger partial charge on any atom is 0.219 e. The van der Waals surface area contributed by atoms with E-state index in [0.717, 1.165) is 28.4 Å². The van der Waals surface area contributed by atoms with E-state index in [1.165, 1.54) is 0 Å². The predicted octanol–water partition coefficient (Wildman–Crippen LogP) is 3.58. The largest absolute Gasteiger partial charge is 0.490 e. The number of benzene rings is 2. The second-order valence-electron chi connectivity index (χ2n) is 6.35. The molecule has 0 saturated carbocycles. The van der Waals surface area contributed by atoms with Crippen LogP contribution in [0.2, 0.25) is 0 Å². The van der Waals surface area contributed by atoms with Gasteiger partial charge in [0.15, 0.2) is 11.5 Å². The third kappa shape index (κ3) is 4.82. The lowest BCUT2D eigenvalue weighted by atomic mass is 10.3. The second kappa shape index (κ2) is 9.78. The highest BCUT2D eigenvalue weighted by Gasteiger charge is 2.11. The number of carbonyl (C=O) groups is 1. The van der Waals surface area contributed by atoms with Crippen molar-refractivity contribution in [3.63, 3.8) is 0 Å². The number of imidazole rings is 1. The van der Waals surface area contributed by atoms with E-state index in [1.807, 2.05) is 56.3 Å². The molecule has 148 valence electrons. The standard InChI is InChI=1S/C22H27N3O3/c1-3-22(26)23-14-13-21-24-17-9-5-6-10-18(17)25(21)15-16-28-20-12-8-7-11-19(20)27-4-2/h5-12H,3-4,13-16H2,1-2H3,(H,23,26). The monoisotopic (exact) mass is 381 g/mol. The van der Waals surface area contributed by atoms with E-state index in [9.17, 15) is 4.79 Å². The maximum atomic E-state index is 11.5. The summed E-state index contributed by atoms with van der Waals surface area (Å²) in [4.78, 5) is 16.2. The van der Waals surface area contributed by atoms with Gasteiger partial charge in [-0.1, -0.05) is 31.2 Å². The van der Waals surface area contributed by atoms with Crippen LogP contribution in [0, 0.1) is 0 Å². The first-order valence-electron chi connectivity index (χ1n) is 9.78. The molecule has 0 radical (unpaired) electrons. The topological polar surface area (TPSA) is 65.4 Å². The van der Waals surface area contributed by atoms with Gasteiger partial charge in [0, 0.05) is 19.4 Å². The Morgan fingerprint density at radius 2 is 1.75 bits per heavy atom. The molecule has 28 heavy (non-hydrogen) atoms. The number of hydrogen-bond acceptors (Lipinski definition) is 4. The number of aromatic nitrogens is 2. The quantitative estimate of drug-likeness (QED) is 0.583. The summed E-state index contributed by atoms with van der Waals surface area (Å²) in [6.07, 6.45) is 1.17. The molecule has 0 atom stereocenters. The molecule has 0 fully saturated rings. The Morgan fingerprint density at radius 3 is 2.50 bits per heavy atom. The average molecular weight is 381 g/mol. The van der Waals surface area contributed by atoms with Crippen LogP contribution in [0.1, 0.15) is 26.1 Å². The first-order chi connectivity index (χ1) is 13.7. The summed E-state index contributed by atoms with van der Waals surface area (Å²) in [5, 5.41) is 2.92. The molecule has 0 aliphatic rings. The number of nitrogens with zero attached hydrogens (tertiary/aromatic N) is 2. The number of para-hydroxylation sites is 4. The van der Waals surface area contributed by atoms with Gasteiger partial charge < -0.3 is 19.4 Å². The Labute approximate surface area is 165 Å². The van der Waals surface area contributed by atoms with E-state index in [2.05, 4.69) is 16.0 Å². The van der Waals surface area contributed by atoms with Crippen LogP contribution in [0.15, 0.2) is 48.5 Å². The van der Waals surface area contributed by atoms with Crippen molar-refractivity contribution in [2.75, 3.05) is 19.8 Å². The van der Waals surface area contributed by atoms with Crippen LogP contribution in [0.4, 0.5) is 0 Å². The van der Waals surface area contributed by atoms with Gasteiger partial charge in [-0.25, -0.2) is 4.98 Å². The first kappa shape index (κ1) is 19.7. The lowest BCUT2D eigenvalue weighted by Crippen LogP contribution is -2.25. The molecule has 2 aromatic carbocycles. The maximum absolute atomic E-state index is 11.5. The zero-order valence-electron chi connectivity index (χ0n) is 16.5. The fourth-order valence-corrected chi connectivity index (χ4v) is 3.10. The van der Waals surface area contributed by atoms with Gasteiger partial charge in [-0.2, -0.15) is 0 Å². The molecule has 0 aliphatic carbocycles. The van der Waals surface area contributed by atoms with Crippen LogP contribution in [0.3, 0.4) is 0 Å². The molecular formula is C22H27N3O3. The predicted molar refractivity (Wildman–Crippen MR) is 110 cm³/mol. The minimum Gasteiger partial charge on any atom is -0.490 e. The lowest BCUT2D eigenvalue weighted by Gasteiger charge is -2.13. The van der Waals surface area contributed by atoms with Gasteiger partial charge in [0.1, 0.15) is 12.4 Å². The molecule has 1 aromatic heterocycles. The Hall–Kier alpha value is -3.02. The number of rotatable bonds is 10. The van der Waals surface area contributed by atoms with E-state index < -0.39 is 0 Å². The van der Waals surface area contributed by atoms with Gasteiger partial charge >= 0.3 is 0 Å². The lowest BCUT2D eigenvalue weighted by molar-refractivity contribution is -0.120. The van der Waals surface area contributed by atoms with Crippen LogP contribution in [-0.4, -0.2) is 35.2 Å². The molecule has 0 unspecified atom stereocenters. The van der Waals surface area contributed by atoms with Crippen molar-refractivity contribution in [1.82, 2.24) is 14.9 Å². The average Bonchev–Trinajstić information content (AvgIpc) is 3.07. The number of nitrogens with one attached hydrogen (secondary N) is 1. The van der Waals surface area contributed by atoms with Crippen molar-refractivity contribution in [3.05, 3.63) is 54.4 Å². The molecule has 3 aromatic rings. The summed E-state index contributed by atoms with van der Waals surface area (Å²) in [6.45, 7) is 6.14. The van der Waals surface area contributed by atoms with E-state index in [1.54, 1.807) is 0 Å². The number of hydrogen-bond donors (Lipinski definition) is 1. The summed E-state index contributed by atoms with van der Waals surface area (Å²) < 4.78 is 13.8. The summed E-state index contributed by atoms with van der Waals surface area (Å²) in [5.41, 5.74) is 2.02. The number of fused-ring (bicyclic) bond motifs is 1. The van der Waals surface area contributed by atoms with Gasteiger partial charge in [-0.3, -0.25) is 4.79 Å². The SMILES string of the molecule is CCOc1ccccc1OCCn1c(CCNC(=O)CC)nc2ccccc21. The van der Waals surface area contributed by atoms with Crippen molar-refractivity contribution < 1.29 is 14.3 Å². The van der Waals surface area contributed by atoms with Gasteiger partial charge in [0.25, 0.3) is 0 Å². The zero-order valence-corrected chi connectivity index (χ0v) is 16.5. The molecule has 1 N–H and O–H groups in total. The van der Waals surface area contributed by atoms with Crippen LogP contribution in [0.5, 0.6) is 11.5 Å². The molecule has 3 rings (SSSR count). The summed E-state index contributed by atoms with van der Waals surface area (Å²) in [6, 6.07) is 15.8. The second-order valence-corrected chi connectivity index (χ2v) is 6.35. The molecule has 6 heteroatoms. The summed E-state index contributed by atoms with van der Waals surface area (Å²) in [5.74, 6) is 2.49. The highest BCUT2D eigenvalue weighted by Crippen LogP contribution is 2.26. The molecular weight excluding hydrogens is 354 g/mol. The van der Waals surface area contributed by atoms with E-state index >= 15 is 0 Å². The Bertz CT molecular complexity index is 920. The highest BCUT2D eigenvalue weighted by molar-refractivity contribution is 5.76. The van der Waals surface area contributed by atoms with Crippen LogP contribution < -0.4 is 14.8 Å². The van der Waals surface area contributed by atoms with Gasteiger partial charge in [-0.15, -0.1) is 0 Å². The number of carbonyl (C=O) groups excluding carboxylic acids is 1. The molecule has 0 aliphatic heterocycles. The molecule has 6 nitrogen and oxygen atoms in total. The third-order valence-corrected chi connectivity index (χ3v) is 4.45. The molecule has 1 amide bonds. The smallest absolute Gasteiger partial charge is 0.219 e. The van der Waals surface area contributed by atoms with E-state index in [4.69, 9.17) is 14.5 Å². The number of amides is 1. The highest BCUT2D eigenvalue weighted by atomic mass is 16.5. The van der Waals surface area contributed by atoms with Crippen molar-refractivity contribution in [2.45, 2.75) is 33.2 Å². The molecule has 1 heterocycles. The third-order valence-electron chi connectivity index (χ3n) is 4.45. The van der Waals surface area contributed by atoms with Crippen molar-refractivity contribution in [3.8, 4) is 11.5 Å². The summed E-state index contributed by atoms with van der Waals surface area (Å²) in [7, 11) is 0. The fourth-order valence-electron chi connectivity index (χ4n) is 3.10. The van der Waals surface area contributed by atoms with Gasteiger partial charge in [0.05, 0.1) is 24.2 Å². The Kier molecular flexibility index (Phi) is 6.89. The minimum atomic E-state index is 0.0542. The number of ether oxygens (including phenoxy) is 2. The van der Waals surface area contributed by atoms with Crippen molar-refractivity contribution in [1.29, 1.82) is 0 Å². The fraction of sp³-hybridized carbons (Fsp3) is 0.364. The van der Waals surface area contributed by atoms with E-state index in [-0.39, 0.29) is 5.91 Å². The van der Waals surface area contributed by atoms with Gasteiger partial charge in [-0.05, 0) is 31.2 Å². The Morgan fingerprint density at radius 1 is 1.04 bits per heavy atom. The summed E-state index contributed by atoms with van der Waals surface area (Å²) >= 11 is 0. The molecule has 0 saturated heterocycles. The van der Waals surface area contributed by atoms with Crippen LogP contribution in [-0.2, 0) is 17.8 Å². The first-order valence-corrected chi connectivity index (χ1v) is 9.78. The molecule has 0 spiro atoms. The van der Waals surface area contributed by atoms with E-state index in [0.29, 0.717) is 39.1 Å². The zero-order chi connectivity index (χ0) is 19.8. The van der Waals surface area contributed by atoms with Gasteiger partial charge in [0.2, 0.25) is 5.91 Å². The van der Waals surface area contributed by atoms with Crippen LogP contribution >= 0.6 is 0 Å². The Balaban J connectivity index is 1.71. The molecule has 0 bridgehead atoms. The minimum absolute atomic E-state index is 0.0542. The van der Waals surface area contributed by atoms with Crippen molar-refractivity contribution >= 4 is 16.9 Å². The van der Waals surface area contributed by atoms with Crippen LogP contribution in [0.25, 0.3) is 11.0 Å².